The van der Waals surface area contributed by atoms with Gasteiger partial charge in [-0.15, -0.1) is 11.8 Å². The Bertz CT molecular complexity index is 527. The first-order chi connectivity index (χ1) is 9.21. The molecule has 0 aromatic heterocycles. The van der Waals surface area contributed by atoms with Crippen LogP contribution in [0.3, 0.4) is 0 Å². The van der Waals surface area contributed by atoms with Gasteiger partial charge in [-0.1, -0.05) is 43.0 Å². The number of allylic oxidation sites excluding steroid dienone is 1. The van der Waals surface area contributed by atoms with Gasteiger partial charge in [0.2, 0.25) is 6.19 Å². The van der Waals surface area contributed by atoms with E-state index >= 15 is 0 Å². The van der Waals surface area contributed by atoms with Gasteiger partial charge in [-0.25, -0.2) is 0 Å². The molecule has 0 heterocycles. The van der Waals surface area contributed by atoms with E-state index in [2.05, 4.69) is 11.9 Å². The van der Waals surface area contributed by atoms with Gasteiger partial charge >= 0.3 is 0 Å². The fraction of sp³-hybridized carbons (Fsp3) is 0.214. The fourth-order valence-electron chi connectivity index (χ4n) is 1.32. The summed E-state index contributed by atoms with van der Waals surface area (Å²) in [6, 6.07) is 7.57. The van der Waals surface area contributed by atoms with E-state index < -0.39 is 0 Å². The van der Waals surface area contributed by atoms with Gasteiger partial charge in [-0.2, -0.15) is 10.3 Å². The highest BCUT2D eigenvalue weighted by Crippen LogP contribution is 2.16. The molecule has 0 fully saturated rings. The highest BCUT2D eigenvalue weighted by Gasteiger charge is 2.01. The molecule has 1 aromatic carbocycles. The first-order valence-electron chi connectivity index (χ1n) is 5.68. The van der Waals surface area contributed by atoms with Crippen LogP contribution in [0.1, 0.15) is 22.8 Å². The molecule has 0 N–H and O–H groups in total. The number of nitriles is 1. The number of hydrogen-bond acceptors (Lipinski definition) is 5. The van der Waals surface area contributed by atoms with Crippen molar-refractivity contribution in [2.75, 3.05) is 6.26 Å². The smallest absolute Gasteiger partial charge is 0.207 e. The molecule has 1 rings (SSSR count). The lowest BCUT2D eigenvalue weighted by Gasteiger charge is -1.98. The molecule has 0 bridgehead atoms. The van der Waals surface area contributed by atoms with Gasteiger partial charge < -0.3 is 0 Å². The Balaban J connectivity index is 2.64. The maximum atomic E-state index is 11.9. The predicted molar refractivity (Wildman–Crippen MR) is 83.4 cm³/mol. The Kier molecular flexibility index (Phi) is 7.01. The maximum absolute atomic E-state index is 11.9. The van der Waals surface area contributed by atoms with Crippen LogP contribution in [-0.4, -0.2) is 16.4 Å². The summed E-state index contributed by atoms with van der Waals surface area (Å²) in [6.07, 6.45) is 6.02. The van der Waals surface area contributed by atoms with Gasteiger partial charge in [0.1, 0.15) is 4.38 Å². The van der Waals surface area contributed by atoms with Crippen molar-refractivity contribution < 1.29 is 4.79 Å². The number of carbonyl (C=O) groups excluding carboxylic acids is 1. The third-order valence-corrected chi connectivity index (χ3v) is 4.15. The fourth-order valence-corrected chi connectivity index (χ4v) is 2.40. The van der Waals surface area contributed by atoms with Gasteiger partial charge in [0.25, 0.3) is 0 Å². The molecule has 0 unspecified atom stereocenters. The van der Waals surface area contributed by atoms with Crippen molar-refractivity contribution in [3.63, 3.8) is 0 Å². The van der Waals surface area contributed by atoms with Crippen LogP contribution in [0, 0.1) is 11.5 Å². The molecule has 0 atom stereocenters. The van der Waals surface area contributed by atoms with Gasteiger partial charge in [0.05, 0.1) is 0 Å². The third-order valence-electron chi connectivity index (χ3n) is 2.35. The van der Waals surface area contributed by atoms with E-state index in [-0.39, 0.29) is 5.78 Å². The van der Waals surface area contributed by atoms with Crippen LogP contribution in [0.15, 0.2) is 40.7 Å². The first-order valence-corrected chi connectivity index (χ1v) is 7.79. The molecule has 0 aliphatic rings. The number of thioether (sulfide) groups is 2. The average molecular weight is 290 g/mol. The number of benzene rings is 1. The zero-order chi connectivity index (χ0) is 14.1. The number of ketones is 1. The molecule has 19 heavy (non-hydrogen) atoms. The van der Waals surface area contributed by atoms with Crippen molar-refractivity contribution in [1.82, 2.24) is 0 Å². The number of aryl methyl sites for hydroxylation is 1. The lowest BCUT2D eigenvalue weighted by atomic mass is 10.1. The molecule has 5 heteroatoms. The van der Waals surface area contributed by atoms with Crippen molar-refractivity contribution in [2.24, 2.45) is 4.99 Å². The van der Waals surface area contributed by atoms with E-state index in [1.54, 1.807) is 11.6 Å². The molecular weight excluding hydrogens is 276 g/mol. The Labute approximate surface area is 121 Å². The summed E-state index contributed by atoms with van der Waals surface area (Å²) in [5, 5.41) is 10.1. The number of carbonyl (C=O) groups is 1. The lowest BCUT2D eigenvalue weighted by molar-refractivity contribution is 0.104. The maximum Gasteiger partial charge on any atom is 0.207 e. The molecule has 0 radical (unpaired) electrons. The molecule has 0 amide bonds. The second-order valence-electron chi connectivity index (χ2n) is 3.52. The Morgan fingerprint density at radius 3 is 2.63 bits per heavy atom. The van der Waals surface area contributed by atoms with Crippen LogP contribution in [-0.2, 0) is 6.42 Å². The van der Waals surface area contributed by atoms with Gasteiger partial charge in [-0.3, -0.25) is 4.79 Å². The van der Waals surface area contributed by atoms with Crippen LogP contribution in [0.25, 0.3) is 0 Å². The number of hydrogen-bond donors (Lipinski definition) is 0. The molecule has 0 aliphatic carbocycles. The average Bonchev–Trinajstić information content (AvgIpc) is 2.46. The monoisotopic (exact) mass is 290 g/mol. The van der Waals surface area contributed by atoms with Gasteiger partial charge in [0.15, 0.2) is 5.78 Å². The SMILES string of the molecule is CCc1ccc(C(=O)C=CSC(=NC#N)SC)cc1. The summed E-state index contributed by atoms with van der Waals surface area (Å²) < 4.78 is 0.618. The topological polar surface area (TPSA) is 53.2 Å². The number of nitrogens with zero attached hydrogens (tertiary/aromatic N) is 2. The van der Waals surface area contributed by atoms with Crippen molar-refractivity contribution in [3.05, 3.63) is 46.9 Å². The molecule has 1 aromatic rings. The van der Waals surface area contributed by atoms with Crippen molar-refractivity contribution in [1.29, 1.82) is 5.26 Å². The summed E-state index contributed by atoms with van der Waals surface area (Å²) in [5.74, 6) is -0.0486. The quantitative estimate of drug-likeness (QED) is 0.278. The minimum absolute atomic E-state index is 0.0486. The predicted octanol–water partition coefficient (Wildman–Crippen LogP) is 3.88. The first kappa shape index (κ1) is 15.5. The van der Waals surface area contributed by atoms with Crippen molar-refractivity contribution >= 4 is 33.7 Å². The standard InChI is InChI=1S/C14H14N2OS2/c1-3-11-4-6-12(7-5-11)13(17)8-9-19-14(18-2)16-10-15/h4-9H,3H2,1-2H3. The Hall–Kier alpha value is -1.51. The molecule has 0 aliphatic heterocycles. The largest absolute Gasteiger partial charge is 0.289 e. The summed E-state index contributed by atoms with van der Waals surface area (Å²) in [7, 11) is 0. The zero-order valence-corrected chi connectivity index (χ0v) is 12.4. The van der Waals surface area contributed by atoms with Crippen LogP contribution >= 0.6 is 23.5 Å². The van der Waals surface area contributed by atoms with E-state index in [4.69, 9.17) is 5.26 Å². The highest BCUT2D eigenvalue weighted by atomic mass is 32.2. The number of aliphatic imine (C=N–C) groups is 1. The molecule has 0 saturated carbocycles. The zero-order valence-electron chi connectivity index (χ0n) is 10.8. The number of rotatable bonds is 4. The van der Waals surface area contributed by atoms with Crippen molar-refractivity contribution in [3.8, 4) is 6.19 Å². The molecule has 98 valence electrons. The lowest BCUT2D eigenvalue weighted by Crippen LogP contribution is -1.94. The van der Waals surface area contributed by atoms with Crippen LogP contribution < -0.4 is 0 Å². The summed E-state index contributed by atoms with van der Waals surface area (Å²) in [4.78, 5) is 15.5. The van der Waals surface area contributed by atoms with E-state index in [1.807, 2.05) is 30.5 Å². The van der Waals surface area contributed by atoms with E-state index in [0.717, 1.165) is 6.42 Å². The second kappa shape index (κ2) is 8.57. The van der Waals surface area contributed by atoms with Crippen LogP contribution in [0.2, 0.25) is 0 Å². The van der Waals surface area contributed by atoms with E-state index in [9.17, 15) is 4.79 Å². The molecule has 3 nitrogen and oxygen atoms in total. The summed E-state index contributed by atoms with van der Waals surface area (Å²) in [6.45, 7) is 2.08. The third kappa shape index (κ3) is 5.33. The highest BCUT2D eigenvalue weighted by molar-refractivity contribution is 8.39. The molecular formula is C14H14N2OS2. The summed E-state index contributed by atoms with van der Waals surface area (Å²) >= 11 is 2.64. The normalized spacial score (nSPS) is 11.5. The van der Waals surface area contributed by atoms with Crippen LogP contribution in [0.5, 0.6) is 0 Å². The minimum Gasteiger partial charge on any atom is -0.289 e. The summed E-state index contributed by atoms with van der Waals surface area (Å²) in [5.41, 5.74) is 1.87. The Morgan fingerprint density at radius 1 is 1.42 bits per heavy atom. The minimum atomic E-state index is -0.0486. The van der Waals surface area contributed by atoms with Gasteiger partial charge in [0, 0.05) is 5.56 Å². The Morgan fingerprint density at radius 2 is 2.11 bits per heavy atom. The van der Waals surface area contributed by atoms with E-state index in [0.29, 0.717) is 9.94 Å². The molecule has 0 saturated heterocycles. The van der Waals surface area contributed by atoms with E-state index in [1.165, 1.54) is 35.2 Å². The van der Waals surface area contributed by atoms with Gasteiger partial charge in [-0.05, 0) is 29.7 Å². The second-order valence-corrected chi connectivity index (χ2v) is 5.47. The van der Waals surface area contributed by atoms with Crippen LogP contribution in [0.4, 0.5) is 0 Å². The van der Waals surface area contributed by atoms with Crippen molar-refractivity contribution in [2.45, 2.75) is 13.3 Å². The molecule has 0 spiro atoms.